The number of esters is 1. The fourth-order valence-corrected chi connectivity index (χ4v) is 5.71. The molecule has 1 aliphatic rings. The Kier molecular flexibility index (Phi) is 6.45. The Balaban J connectivity index is 1.80. The average Bonchev–Trinajstić information content (AvgIpc) is 2.92. The number of nitriles is 1. The van der Waals surface area contributed by atoms with Crippen molar-refractivity contribution in [3.05, 3.63) is 29.8 Å². The molecule has 0 unspecified atom stereocenters. The van der Waals surface area contributed by atoms with E-state index < -0.39 is 27.8 Å². The van der Waals surface area contributed by atoms with Crippen molar-refractivity contribution in [1.82, 2.24) is 0 Å². The van der Waals surface area contributed by atoms with Gasteiger partial charge in [-0.2, -0.15) is 5.26 Å². The van der Waals surface area contributed by atoms with Gasteiger partial charge in [0, 0.05) is 5.25 Å². The van der Waals surface area contributed by atoms with Crippen molar-refractivity contribution in [3.63, 3.8) is 0 Å². The summed E-state index contributed by atoms with van der Waals surface area (Å²) in [6.07, 6.45) is -0.492. The van der Waals surface area contributed by atoms with Gasteiger partial charge in [0.05, 0.1) is 28.5 Å². The van der Waals surface area contributed by atoms with E-state index in [0.29, 0.717) is 17.7 Å². The summed E-state index contributed by atoms with van der Waals surface area (Å²) in [7, 11) is -2.98. The van der Waals surface area contributed by atoms with E-state index in [0.717, 1.165) is 0 Å². The van der Waals surface area contributed by atoms with Crippen molar-refractivity contribution < 1.29 is 22.7 Å². The molecule has 2 rings (SSSR count). The molecule has 1 saturated heterocycles. The molecule has 1 heterocycles. The van der Waals surface area contributed by atoms with E-state index in [9.17, 15) is 18.0 Å². The third-order valence-electron chi connectivity index (χ3n) is 3.61. The number of sulfone groups is 1. The fraction of sp³-hybridized carbons (Fsp3) is 0.438. The van der Waals surface area contributed by atoms with E-state index in [2.05, 4.69) is 5.32 Å². The quantitative estimate of drug-likeness (QED) is 0.739. The molecule has 0 aromatic heterocycles. The monoisotopic (exact) mass is 382 g/mol. The van der Waals surface area contributed by atoms with Gasteiger partial charge in [0.15, 0.2) is 15.9 Å². The summed E-state index contributed by atoms with van der Waals surface area (Å²) in [5.41, 5.74) is 0.663. The van der Waals surface area contributed by atoms with Gasteiger partial charge in [-0.25, -0.2) is 8.42 Å². The molecule has 134 valence electrons. The van der Waals surface area contributed by atoms with Crippen LogP contribution in [0.5, 0.6) is 0 Å². The number of para-hydroxylation sites is 1. The van der Waals surface area contributed by atoms with Gasteiger partial charge in [-0.1, -0.05) is 12.1 Å². The number of thioether (sulfide) groups is 1. The average molecular weight is 382 g/mol. The number of hydrogen-bond acceptors (Lipinski definition) is 7. The molecule has 1 aromatic carbocycles. The third-order valence-corrected chi connectivity index (χ3v) is 6.87. The van der Waals surface area contributed by atoms with Gasteiger partial charge >= 0.3 is 5.97 Å². The van der Waals surface area contributed by atoms with E-state index in [1.165, 1.54) is 18.7 Å². The highest BCUT2D eigenvalue weighted by molar-refractivity contribution is 8.02. The van der Waals surface area contributed by atoms with Crippen molar-refractivity contribution in [1.29, 1.82) is 5.26 Å². The number of hydrogen-bond donors (Lipinski definition) is 1. The lowest BCUT2D eigenvalue weighted by molar-refractivity contribution is -0.150. The molecule has 1 aromatic rings. The lowest BCUT2D eigenvalue weighted by Crippen LogP contribution is -2.31. The molecule has 1 N–H and O–H groups in total. The molecule has 2 atom stereocenters. The first kappa shape index (κ1) is 19.3. The molecular weight excluding hydrogens is 364 g/mol. The normalized spacial score (nSPS) is 19.6. The number of rotatable bonds is 6. The summed E-state index contributed by atoms with van der Waals surface area (Å²) < 4.78 is 27.8. The van der Waals surface area contributed by atoms with Crippen molar-refractivity contribution in [2.24, 2.45) is 0 Å². The molecule has 0 aliphatic carbocycles. The van der Waals surface area contributed by atoms with Gasteiger partial charge in [0.25, 0.3) is 5.91 Å². The summed E-state index contributed by atoms with van der Waals surface area (Å²) in [5, 5.41) is 11.4. The minimum Gasteiger partial charge on any atom is -0.452 e. The molecular formula is C16H18N2O5S2. The molecule has 25 heavy (non-hydrogen) atoms. The van der Waals surface area contributed by atoms with Crippen LogP contribution in [-0.2, 0) is 24.2 Å². The van der Waals surface area contributed by atoms with Crippen LogP contribution >= 0.6 is 11.8 Å². The van der Waals surface area contributed by atoms with E-state index in [4.69, 9.17) is 10.00 Å². The maximum atomic E-state index is 12.1. The molecule has 1 aliphatic heterocycles. The third kappa shape index (κ3) is 5.76. The van der Waals surface area contributed by atoms with E-state index in [1.807, 2.05) is 6.07 Å². The Bertz CT molecular complexity index is 801. The van der Waals surface area contributed by atoms with Crippen molar-refractivity contribution in [2.75, 3.05) is 22.6 Å². The Hall–Kier alpha value is -2.05. The highest BCUT2D eigenvalue weighted by Gasteiger charge is 2.29. The Morgan fingerprint density at radius 3 is 2.80 bits per heavy atom. The van der Waals surface area contributed by atoms with Crippen LogP contribution in [0.4, 0.5) is 5.69 Å². The zero-order valence-corrected chi connectivity index (χ0v) is 15.2. The Morgan fingerprint density at radius 1 is 1.44 bits per heavy atom. The molecule has 0 spiro atoms. The van der Waals surface area contributed by atoms with E-state index >= 15 is 0 Å². The van der Waals surface area contributed by atoms with Crippen LogP contribution in [0.1, 0.15) is 18.9 Å². The molecule has 1 fully saturated rings. The highest BCUT2D eigenvalue weighted by atomic mass is 32.2. The molecule has 0 saturated carbocycles. The van der Waals surface area contributed by atoms with Gasteiger partial charge in [-0.15, -0.1) is 11.8 Å². The summed E-state index contributed by atoms with van der Waals surface area (Å²) in [4.78, 5) is 23.9. The van der Waals surface area contributed by atoms with Gasteiger partial charge in [0.2, 0.25) is 0 Å². The van der Waals surface area contributed by atoms with Crippen LogP contribution < -0.4 is 5.32 Å². The number of carbonyl (C=O) groups is 2. The molecule has 1 amide bonds. The predicted octanol–water partition coefficient (Wildman–Crippen LogP) is 1.35. The number of amides is 1. The van der Waals surface area contributed by atoms with Crippen molar-refractivity contribution in [3.8, 4) is 6.07 Å². The van der Waals surface area contributed by atoms with Gasteiger partial charge in [0.1, 0.15) is 6.07 Å². The van der Waals surface area contributed by atoms with Gasteiger partial charge in [-0.3, -0.25) is 9.59 Å². The number of ether oxygens (including phenoxy) is 1. The number of carbonyl (C=O) groups excluding carboxylic acids is 2. The minimum atomic E-state index is -2.98. The van der Waals surface area contributed by atoms with Crippen LogP contribution in [0, 0.1) is 11.3 Å². The van der Waals surface area contributed by atoms with Crippen LogP contribution in [0.25, 0.3) is 0 Å². The first-order valence-corrected chi connectivity index (χ1v) is 10.5. The van der Waals surface area contributed by atoms with Crippen molar-refractivity contribution >= 4 is 39.2 Å². The molecule has 7 nitrogen and oxygen atoms in total. The molecule has 0 radical (unpaired) electrons. The van der Waals surface area contributed by atoms with Gasteiger partial charge < -0.3 is 10.1 Å². The second-order valence-corrected chi connectivity index (χ2v) is 9.13. The number of nitrogens with zero attached hydrogens (tertiary/aromatic N) is 1. The first-order chi connectivity index (χ1) is 11.8. The second kappa shape index (κ2) is 8.36. The standard InChI is InChI=1S/C16H18N2O5S2/c1-11(16(20)18-14-5-3-2-4-12(14)8-17)23-15(19)9-24-13-6-7-25(21,22)10-13/h2-5,11,13H,6-7,9-10H2,1H3,(H,18,20)/t11-,13+/m1/s1. The van der Waals surface area contributed by atoms with Crippen LogP contribution in [0.2, 0.25) is 0 Å². The van der Waals surface area contributed by atoms with Crippen LogP contribution in [0.15, 0.2) is 24.3 Å². The summed E-state index contributed by atoms with van der Waals surface area (Å²) in [6, 6.07) is 8.48. The minimum absolute atomic E-state index is 0.00735. The Labute approximate surface area is 150 Å². The summed E-state index contributed by atoms with van der Waals surface area (Å²) >= 11 is 1.23. The Morgan fingerprint density at radius 2 is 2.16 bits per heavy atom. The second-order valence-electron chi connectivity index (χ2n) is 5.61. The summed E-state index contributed by atoms with van der Waals surface area (Å²) in [6.45, 7) is 1.44. The number of benzene rings is 1. The maximum absolute atomic E-state index is 12.1. The molecule has 0 bridgehead atoms. The zero-order chi connectivity index (χ0) is 18.4. The topological polar surface area (TPSA) is 113 Å². The largest absolute Gasteiger partial charge is 0.452 e. The maximum Gasteiger partial charge on any atom is 0.316 e. The van der Waals surface area contributed by atoms with Crippen LogP contribution in [0.3, 0.4) is 0 Å². The predicted molar refractivity (Wildman–Crippen MR) is 94.9 cm³/mol. The smallest absolute Gasteiger partial charge is 0.316 e. The van der Waals surface area contributed by atoms with Crippen molar-refractivity contribution in [2.45, 2.75) is 24.7 Å². The van der Waals surface area contributed by atoms with E-state index in [-0.39, 0.29) is 22.5 Å². The molecule has 9 heteroatoms. The highest BCUT2D eigenvalue weighted by Crippen LogP contribution is 2.24. The lowest BCUT2D eigenvalue weighted by Gasteiger charge is -2.14. The SMILES string of the molecule is C[C@@H](OC(=O)CS[C@H]1CCS(=O)(=O)C1)C(=O)Nc1ccccc1C#N. The zero-order valence-electron chi connectivity index (χ0n) is 13.6. The number of nitrogens with one attached hydrogen (secondary N) is 1. The fourth-order valence-electron chi connectivity index (χ4n) is 2.29. The summed E-state index contributed by atoms with van der Waals surface area (Å²) in [5.74, 6) is -0.898. The van der Waals surface area contributed by atoms with Gasteiger partial charge in [-0.05, 0) is 25.5 Å². The van der Waals surface area contributed by atoms with E-state index in [1.54, 1.807) is 24.3 Å². The first-order valence-electron chi connectivity index (χ1n) is 7.62. The van der Waals surface area contributed by atoms with Crippen LogP contribution in [-0.4, -0.2) is 48.9 Å². The number of anilines is 1. The lowest BCUT2D eigenvalue weighted by atomic mass is 10.2.